The van der Waals surface area contributed by atoms with E-state index in [1.165, 1.54) is 94.6 Å². The van der Waals surface area contributed by atoms with Crippen LogP contribution in [0.3, 0.4) is 0 Å². The summed E-state index contributed by atoms with van der Waals surface area (Å²) >= 11 is 0. The van der Waals surface area contributed by atoms with Gasteiger partial charge in [-0.1, -0.05) is 133 Å². The standard InChI is InChI=1S/C37H47F/c1-3-5-7-9-11-30-12-16-31(17-13-30)20-21-33-23-27-36-35(28-33)26-25-34(37(36)38)24-22-32-18-14-29(15-19-32)10-8-6-4-2/h14-15,18-19,23,25-28,30-31H,3-13,16-17,20-21H2,1-2H3. The molecule has 4 rings (SSSR count). The van der Waals surface area contributed by atoms with Crippen molar-refractivity contribution in [2.45, 2.75) is 110 Å². The minimum absolute atomic E-state index is 0.199. The number of benzene rings is 3. The molecular weight excluding hydrogens is 463 g/mol. The van der Waals surface area contributed by atoms with Crippen molar-refractivity contribution in [1.82, 2.24) is 0 Å². The molecule has 0 saturated heterocycles. The van der Waals surface area contributed by atoms with Gasteiger partial charge >= 0.3 is 0 Å². The Labute approximate surface area is 231 Å². The summed E-state index contributed by atoms with van der Waals surface area (Å²) in [5.74, 6) is 7.86. The molecule has 1 aliphatic carbocycles. The van der Waals surface area contributed by atoms with Crippen molar-refractivity contribution in [3.63, 3.8) is 0 Å². The molecule has 0 bridgehead atoms. The smallest absolute Gasteiger partial charge is 0.146 e. The minimum atomic E-state index is -0.199. The maximum absolute atomic E-state index is 15.3. The average molecular weight is 511 g/mol. The Kier molecular flexibility index (Phi) is 11.3. The van der Waals surface area contributed by atoms with E-state index in [0.717, 1.165) is 35.6 Å². The molecule has 3 aromatic carbocycles. The molecule has 202 valence electrons. The van der Waals surface area contributed by atoms with E-state index in [2.05, 4.69) is 62.1 Å². The van der Waals surface area contributed by atoms with Crippen molar-refractivity contribution >= 4 is 10.8 Å². The maximum atomic E-state index is 15.3. The molecule has 1 saturated carbocycles. The summed E-state index contributed by atoms with van der Waals surface area (Å²) in [6, 6.07) is 18.6. The van der Waals surface area contributed by atoms with Gasteiger partial charge in [0.05, 0.1) is 5.56 Å². The van der Waals surface area contributed by atoms with E-state index in [4.69, 9.17) is 0 Å². The Morgan fingerprint density at radius 2 is 1.34 bits per heavy atom. The zero-order valence-electron chi connectivity index (χ0n) is 23.8. The van der Waals surface area contributed by atoms with Crippen LogP contribution in [-0.4, -0.2) is 0 Å². The summed E-state index contributed by atoms with van der Waals surface area (Å²) in [4.78, 5) is 0. The van der Waals surface area contributed by atoms with E-state index in [0.29, 0.717) is 10.9 Å². The number of rotatable bonds is 12. The van der Waals surface area contributed by atoms with E-state index >= 15 is 4.39 Å². The fourth-order valence-electron chi connectivity index (χ4n) is 6.11. The van der Waals surface area contributed by atoms with E-state index < -0.39 is 0 Å². The Morgan fingerprint density at radius 3 is 2.08 bits per heavy atom. The largest absolute Gasteiger partial charge is 0.205 e. The molecule has 0 amide bonds. The number of fused-ring (bicyclic) bond motifs is 1. The van der Waals surface area contributed by atoms with E-state index in [1.54, 1.807) is 0 Å². The van der Waals surface area contributed by atoms with Crippen LogP contribution in [0.4, 0.5) is 4.39 Å². The van der Waals surface area contributed by atoms with Crippen LogP contribution in [0.15, 0.2) is 54.6 Å². The monoisotopic (exact) mass is 510 g/mol. The molecular formula is C37H47F. The van der Waals surface area contributed by atoms with E-state index in [9.17, 15) is 0 Å². The lowest BCUT2D eigenvalue weighted by atomic mass is 9.77. The first kappa shape index (κ1) is 28.4. The van der Waals surface area contributed by atoms with Crippen molar-refractivity contribution in [3.8, 4) is 11.8 Å². The third-order valence-electron chi connectivity index (χ3n) is 8.66. The number of aryl methyl sites for hydroxylation is 2. The van der Waals surface area contributed by atoms with Gasteiger partial charge in [-0.15, -0.1) is 0 Å². The van der Waals surface area contributed by atoms with Gasteiger partial charge in [0.15, 0.2) is 0 Å². The van der Waals surface area contributed by atoms with Crippen molar-refractivity contribution < 1.29 is 4.39 Å². The van der Waals surface area contributed by atoms with Crippen molar-refractivity contribution in [3.05, 3.63) is 82.7 Å². The summed E-state index contributed by atoms with van der Waals surface area (Å²) in [6.45, 7) is 4.52. The number of hydrogen-bond donors (Lipinski definition) is 0. The lowest BCUT2D eigenvalue weighted by molar-refractivity contribution is 0.249. The van der Waals surface area contributed by atoms with Crippen LogP contribution in [0.2, 0.25) is 0 Å². The first-order valence-electron chi connectivity index (χ1n) is 15.5. The molecule has 38 heavy (non-hydrogen) atoms. The molecule has 1 heteroatoms. The fraction of sp³-hybridized carbons (Fsp3) is 0.514. The van der Waals surface area contributed by atoms with Gasteiger partial charge in [0.1, 0.15) is 5.82 Å². The van der Waals surface area contributed by atoms with Gasteiger partial charge in [-0.05, 0) is 72.2 Å². The molecule has 0 aromatic heterocycles. The van der Waals surface area contributed by atoms with Crippen LogP contribution < -0.4 is 0 Å². The van der Waals surface area contributed by atoms with Gasteiger partial charge in [-0.2, -0.15) is 0 Å². The fourth-order valence-corrected chi connectivity index (χ4v) is 6.11. The second-order valence-corrected chi connectivity index (χ2v) is 11.7. The summed E-state index contributed by atoms with van der Waals surface area (Å²) in [5.41, 5.74) is 4.09. The molecule has 3 aromatic rings. The topological polar surface area (TPSA) is 0 Å². The number of unbranched alkanes of at least 4 members (excludes halogenated alkanes) is 5. The first-order chi connectivity index (χ1) is 18.7. The second kappa shape index (κ2) is 15.1. The Balaban J connectivity index is 1.30. The van der Waals surface area contributed by atoms with Crippen LogP contribution in [-0.2, 0) is 12.8 Å². The quantitative estimate of drug-likeness (QED) is 0.168. The summed E-state index contributed by atoms with van der Waals surface area (Å²) in [7, 11) is 0. The van der Waals surface area contributed by atoms with Crippen LogP contribution >= 0.6 is 0 Å². The van der Waals surface area contributed by atoms with Crippen LogP contribution in [0.1, 0.15) is 120 Å². The first-order valence-corrected chi connectivity index (χ1v) is 15.5. The Bertz CT molecular complexity index is 1190. The highest BCUT2D eigenvalue weighted by Crippen LogP contribution is 2.34. The van der Waals surface area contributed by atoms with Gasteiger partial charge in [-0.25, -0.2) is 4.39 Å². The summed E-state index contributed by atoms with van der Waals surface area (Å²) in [5, 5.41) is 1.66. The third-order valence-corrected chi connectivity index (χ3v) is 8.66. The average Bonchev–Trinajstić information content (AvgIpc) is 2.95. The molecule has 0 aliphatic heterocycles. The van der Waals surface area contributed by atoms with Gasteiger partial charge in [0.25, 0.3) is 0 Å². The molecule has 0 radical (unpaired) electrons. The molecule has 0 atom stereocenters. The highest BCUT2D eigenvalue weighted by molar-refractivity contribution is 5.85. The molecule has 0 heterocycles. The van der Waals surface area contributed by atoms with Crippen molar-refractivity contribution in [2.24, 2.45) is 11.8 Å². The van der Waals surface area contributed by atoms with E-state index in [1.807, 2.05) is 18.2 Å². The summed E-state index contributed by atoms with van der Waals surface area (Å²) in [6.07, 6.45) is 19.9. The van der Waals surface area contributed by atoms with E-state index in [-0.39, 0.29) is 5.82 Å². The van der Waals surface area contributed by atoms with Crippen LogP contribution in [0, 0.1) is 29.5 Å². The molecule has 0 unspecified atom stereocenters. The second-order valence-electron chi connectivity index (χ2n) is 11.7. The van der Waals surface area contributed by atoms with Crippen molar-refractivity contribution in [1.29, 1.82) is 0 Å². The Hall–Kier alpha value is -2.59. The number of halogens is 1. The molecule has 0 N–H and O–H groups in total. The maximum Gasteiger partial charge on any atom is 0.146 e. The van der Waals surface area contributed by atoms with Crippen LogP contribution in [0.5, 0.6) is 0 Å². The third kappa shape index (κ3) is 8.46. The highest BCUT2D eigenvalue weighted by atomic mass is 19.1. The minimum Gasteiger partial charge on any atom is -0.205 e. The molecule has 1 fully saturated rings. The predicted octanol–water partition coefficient (Wildman–Crippen LogP) is 10.8. The van der Waals surface area contributed by atoms with Gasteiger partial charge < -0.3 is 0 Å². The lowest BCUT2D eigenvalue weighted by Gasteiger charge is -2.28. The normalized spacial score (nSPS) is 17.3. The van der Waals surface area contributed by atoms with Crippen molar-refractivity contribution in [2.75, 3.05) is 0 Å². The predicted molar refractivity (Wildman–Crippen MR) is 162 cm³/mol. The molecule has 0 nitrogen and oxygen atoms in total. The molecule has 1 aliphatic rings. The Morgan fingerprint density at radius 1 is 0.658 bits per heavy atom. The van der Waals surface area contributed by atoms with Crippen LogP contribution in [0.25, 0.3) is 10.8 Å². The SMILES string of the molecule is CCCCCCC1CCC(CCc2ccc3c(F)c(C#Cc4ccc(CCCCC)cc4)ccc3c2)CC1. The van der Waals surface area contributed by atoms with Gasteiger partial charge in [0.2, 0.25) is 0 Å². The number of hydrogen-bond acceptors (Lipinski definition) is 0. The summed E-state index contributed by atoms with van der Waals surface area (Å²) < 4.78 is 15.3. The zero-order chi connectivity index (χ0) is 26.6. The van der Waals surface area contributed by atoms with Gasteiger partial charge in [0, 0.05) is 10.9 Å². The van der Waals surface area contributed by atoms with Gasteiger partial charge in [-0.3, -0.25) is 0 Å². The lowest BCUT2D eigenvalue weighted by Crippen LogP contribution is -2.15. The molecule has 0 spiro atoms. The highest BCUT2D eigenvalue weighted by Gasteiger charge is 2.20. The zero-order valence-corrected chi connectivity index (χ0v) is 23.8.